The fourth-order valence-corrected chi connectivity index (χ4v) is 2.41. The number of hydrogen-bond acceptors (Lipinski definition) is 5. The number of amides is 1. The van der Waals surface area contributed by atoms with Crippen molar-refractivity contribution < 1.29 is 4.79 Å². The molecule has 0 radical (unpaired) electrons. The molecule has 3 heterocycles. The minimum Gasteiger partial charge on any atom is -0.345 e. The number of carbonyl (C=O) groups excluding carboxylic acids is 1. The summed E-state index contributed by atoms with van der Waals surface area (Å²) in [6.07, 6.45) is 2.95. The predicted molar refractivity (Wildman–Crippen MR) is 82.2 cm³/mol. The molecule has 23 heavy (non-hydrogen) atoms. The summed E-state index contributed by atoms with van der Waals surface area (Å²) in [5.41, 5.74) is 1.32. The molecule has 1 amide bonds. The Hall–Kier alpha value is -2.97. The van der Waals surface area contributed by atoms with Gasteiger partial charge in [-0.05, 0) is 20.8 Å². The van der Waals surface area contributed by atoms with Crippen molar-refractivity contribution in [3.8, 4) is 0 Å². The lowest BCUT2D eigenvalue weighted by Gasteiger charge is -2.13. The van der Waals surface area contributed by atoms with Gasteiger partial charge in [0, 0.05) is 24.5 Å². The van der Waals surface area contributed by atoms with Gasteiger partial charge in [-0.2, -0.15) is 14.6 Å². The number of nitrogens with one attached hydrogen (secondary N) is 2. The normalized spacial score (nSPS) is 12.5. The number of H-pyrrole nitrogens is 1. The van der Waals surface area contributed by atoms with Crippen LogP contribution in [0, 0.1) is 13.8 Å². The molecule has 9 nitrogen and oxygen atoms in total. The summed E-state index contributed by atoms with van der Waals surface area (Å²) in [5.74, 6) is 0.298. The van der Waals surface area contributed by atoms with Gasteiger partial charge < -0.3 is 5.32 Å². The molecule has 0 aromatic carbocycles. The van der Waals surface area contributed by atoms with Crippen LogP contribution in [0.4, 0.5) is 0 Å². The van der Waals surface area contributed by atoms with E-state index in [1.165, 1.54) is 6.20 Å². The zero-order valence-corrected chi connectivity index (χ0v) is 13.3. The van der Waals surface area contributed by atoms with Crippen LogP contribution < -0.4 is 10.9 Å². The molecule has 0 bridgehead atoms. The highest BCUT2D eigenvalue weighted by molar-refractivity contribution is 5.93. The molecular weight excluding hydrogens is 298 g/mol. The maximum Gasteiger partial charge on any atom is 0.286 e. The minimum atomic E-state index is -0.486. The Labute approximate surface area is 131 Å². The lowest BCUT2D eigenvalue weighted by molar-refractivity contribution is 0.0937. The van der Waals surface area contributed by atoms with Crippen molar-refractivity contribution in [1.29, 1.82) is 0 Å². The Bertz CT molecular complexity index is 950. The van der Waals surface area contributed by atoms with Gasteiger partial charge in [-0.15, -0.1) is 0 Å². The van der Waals surface area contributed by atoms with Crippen molar-refractivity contribution in [2.24, 2.45) is 7.05 Å². The number of carbonyl (C=O) groups is 1. The molecule has 0 fully saturated rings. The summed E-state index contributed by atoms with van der Waals surface area (Å²) in [6, 6.07) is -0.278. The summed E-state index contributed by atoms with van der Waals surface area (Å²) >= 11 is 0. The molecule has 0 saturated heterocycles. The number of hydrogen-bond donors (Lipinski definition) is 2. The third-order valence-electron chi connectivity index (χ3n) is 3.82. The molecule has 1 atom stereocenters. The van der Waals surface area contributed by atoms with Crippen molar-refractivity contribution in [3.05, 3.63) is 45.4 Å². The van der Waals surface area contributed by atoms with Crippen molar-refractivity contribution in [3.63, 3.8) is 0 Å². The van der Waals surface area contributed by atoms with E-state index in [-0.39, 0.29) is 17.4 Å². The van der Waals surface area contributed by atoms with E-state index >= 15 is 0 Å². The van der Waals surface area contributed by atoms with Crippen LogP contribution in [0.2, 0.25) is 0 Å². The molecule has 0 aliphatic heterocycles. The molecule has 0 spiro atoms. The summed E-state index contributed by atoms with van der Waals surface area (Å²) in [5, 5.41) is 9.71. The Morgan fingerprint density at radius 1 is 1.35 bits per heavy atom. The van der Waals surface area contributed by atoms with E-state index in [9.17, 15) is 9.59 Å². The smallest absolute Gasteiger partial charge is 0.286 e. The standard InChI is InChI=1S/C14H17N7O2/c1-7(10-6-16-20(4)8(10)2)17-12(22)11-5-15-14-18-9(3)19-21(14)13(11)23/h5-7H,1-4H3,(H,17,22)(H,15,18,19)/t7-/m1/s1. The molecule has 9 heteroatoms. The van der Waals surface area contributed by atoms with E-state index in [2.05, 4.69) is 25.5 Å². The maximum atomic E-state index is 12.4. The van der Waals surface area contributed by atoms with Crippen molar-refractivity contribution >= 4 is 11.7 Å². The first kappa shape index (κ1) is 14.9. The number of aromatic amines is 1. The minimum absolute atomic E-state index is 0.0421. The fraction of sp³-hybridized carbons (Fsp3) is 0.357. The van der Waals surface area contributed by atoms with Crippen LogP contribution >= 0.6 is 0 Å². The quantitative estimate of drug-likeness (QED) is 0.720. The van der Waals surface area contributed by atoms with Gasteiger partial charge in [-0.3, -0.25) is 19.4 Å². The van der Waals surface area contributed by atoms with Gasteiger partial charge in [0.15, 0.2) is 0 Å². The fourth-order valence-electron chi connectivity index (χ4n) is 2.41. The first-order chi connectivity index (χ1) is 10.9. The van der Waals surface area contributed by atoms with Gasteiger partial charge in [0.25, 0.3) is 17.2 Å². The van der Waals surface area contributed by atoms with E-state index in [1.54, 1.807) is 17.8 Å². The van der Waals surface area contributed by atoms with Crippen molar-refractivity contribution in [2.45, 2.75) is 26.8 Å². The van der Waals surface area contributed by atoms with Crippen LogP contribution in [0.5, 0.6) is 0 Å². The van der Waals surface area contributed by atoms with Crippen LogP contribution in [0.1, 0.15) is 40.4 Å². The van der Waals surface area contributed by atoms with Crippen LogP contribution in [-0.4, -0.2) is 35.3 Å². The SMILES string of the molecule is Cc1nc2ncc(C(=O)N[C@H](C)c3cnn(C)c3C)c(=O)n2[nH]1. The average Bonchev–Trinajstić information content (AvgIpc) is 3.03. The third-order valence-corrected chi connectivity index (χ3v) is 3.82. The van der Waals surface area contributed by atoms with Crippen LogP contribution in [-0.2, 0) is 7.05 Å². The molecule has 3 rings (SSSR count). The van der Waals surface area contributed by atoms with E-state index in [0.717, 1.165) is 15.8 Å². The molecule has 0 saturated carbocycles. The van der Waals surface area contributed by atoms with Gasteiger partial charge >= 0.3 is 0 Å². The van der Waals surface area contributed by atoms with E-state index in [1.807, 2.05) is 20.9 Å². The Kier molecular flexibility index (Phi) is 3.47. The highest BCUT2D eigenvalue weighted by Gasteiger charge is 2.19. The van der Waals surface area contributed by atoms with Gasteiger partial charge in [0.05, 0.1) is 12.2 Å². The molecule has 3 aromatic rings. The number of aryl methyl sites for hydroxylation is 2. The topological polar surface area (TPSA) is 110 Å². The maximum absolute atomic E-state index is 12.4. The van der Waals surface area contributed by atoms with Gasteiger partial charge in [0.2, 0.25) is 0 Å². The molecule has 0 unspecified atom stereocenters. The van der Waals surface area contributed by atoms with Crippen LogP contribution in [0.3, 0.4) is 0 Å². The third kappa shape index (κ3) is 2.50. The summed E-state index contributed by atoms with van der Waals surface area (Å²) in [6.45, 7) is 5.47. The van der Waals surface area contributed by atoms with Crippen molar-refractivity contribution in [1.82, 2.24) is 34.7 Å². The Morgan fingerprint density at radius 2 is 2.09 bits per heavy atom. The molecular formula is C14H17N7O2. The van der Waals surface area contributed by atoms with Gasteiger partial charge in [0.1, 0.15) is 11.4 Å². The van der Waals surface area contributed by atoms with E-state index in [0.29, 0.717) is 5.82 Å². The Morgan fingerprint density at radius 3 is 2.74 bits per heavy atom. The number of fused-ring (bicyclic) bond motifs is 1. The second kappa shape index (κ2) is 5.34. The summed E-state index contributed by atoms with van der Waals surface area (Å²) < 4.78 is 2.89. The second-order valence-corrected chi connectivity index (χ2v) is 5.43. The summed E-state index contributed by atoms with van der Waals surface area (Å²) in [4.78, 5) is 32.8. The number of rotatable bonds is 3. The van der Waals surface area contributed by atoms with Crippen LogP contribution in [0.15, 0.2) is 17.2 Å². The lowest BCUT2D eigenvalue weighted by atomic mass is 10.1. The molecule has 0 aliphatic carbocycles. The van der Waals surface area contributed by atoms with Gasteiger partial charge in [-0.1, -0.05) is 0 Å². The predicted octanol–water partition coefficient (Wildman–Crippen LogP) is 0.259. The molecule has 0 aliphatic rings. The van der Waals surface area contributed by atoms with E-state index < -0.39 is 11.5 Å². The summed E-state index contributed by atoms with van der Waals surface area (Å²) in [7, 11) is 1.83. The van der Waals surface area contributed by atoms with Crippen LogP contribution in [0.25, 0.3) is 5.78 Å². The Balaban J connectivity index is 1.90. The zero-order valence-electron chi connectivity index (χ0n) is 13.3. The number of nitrogens with zero attached hydrogens (tertiary/aromatic N) is 5. The molecule has 3 aromatic heterocycles. The monoisotopic (exact) mass is 315 g/mol. The first-order valence-corrected chi connectivity index (χ1v) is 7.12. The average molecular weight is 315 g/mol. The first-order valence-electron chi connectivity index (χ1n) is 7.12. The highest BCUT2D eigenvalue weighted by atomic mass is 16.2. The van der Waals surface area contributed by atoms with E-state index in [4.69, 9.17) is 0 Å². The second-order valence-electron chi connectivity index (χ2n) is 5.43. The lowest BCUT2D eigenvalue weighted by Crippen LogP contribution is -2.33. The van der Waals surface area contributed by atoms with Gasteiger partial charge in [-0.25, -0.2) is 4.98 Å². The number of aromatic nitrogens is 6. The molecule has 120 valence electrons. The van der Waals surface area contributed by atoms with Crippen molar-refractivity contribution in [2.75, 3.05) is 0 Å². The largest absolute Gasteiger partial charge is 0.345 e. The highest BCUT2D eigenvalue weighted by Crippen LogP contribution is 2.16. The molecule has 2 N–H and O–H groups in total. The zero-order chi connectivity index (χ0) is 16.7.